The van der Waals surface area contributed by atoms with Crippen LogP contribution >= 0.6 is 0 Å². The van der Waals surface area contributed by atoms with Gasteiger partial charge in [-0.3, -0.25) is 4.79 Å². The number of carbonyl (C=O) groups is 1. The summed E-state index contributed by atoms with van der Waals surface area (Å²) in [5.41, 5.74) is 2.85. The van der Waals surface area contributed by atoms with Crippen molar-refractivity contribution in [3.05, 3.63) is 30.2 Å². The monoisotopic (exact) mass is 272 g/mol. The molecule has 0 bridgehead atoms. The van der Waals surface area contributed by atoms with Crippen LogP contribution in [-0.4, -0.2) is 17.4 Å². The predicted molar refractivity (Wildman–Crippen MR) is 77.3 cm³/mol. The molecule has 0 spiro atoms. The Balaban J connectivity index is 1.50. The van der Waals surface area contributed by atoms with Crippen molar-refractivity contribution in [1.82, 2.24) is 10.3 Å². The smallest absolute Gasteiger partial charge is 0.223 e. The van der Waals surface area contributed by atoms with Gasteiger partial charge in [0, 0.05) is 12.5 Å². The van der Waals surface area contributed by atoms with Gasteiger partial charge in [-0.15, -0.1) is 0 Å². The number of aromatic nitrogens is 1. The summed E-state index contributed by atoms with van der Waals surface area (Å²) in [7, 11) is 0. The van der Waals surface area contributed by atoms with Gasteiger partial charge in [0.2, 0.25) is 5.91 Å². The van der Waals surface area contributed by atoms with Crippen LogP contribution in [0.4, 0.5) is 0 Å². The van der Waals surface area contributed by atoms with Gasteiger partial charge in [-0.25, -0.2) is 4.98 Å². The molecule has 0 aliphatic heterocycles. The third-order valence-electron chi connectivity index (χ3n) is 4.08. The quantitative estimate of drug-likeness (QED) is 0.930. The molecule has 1 amide bonds. The number of carbonyl (C=O) groups excluding carboxylic acids is 1. The fourth-order valence-electron chi connectivity index (χ4n) is 2.89. The van der Waals surface area contributed by atoms with Crippen molar-refractivity contribution >= 4 is 17.0 Å². The van der Waals surface area contributed by atoms with Gasteiger partial charge in [-0.2, -0.15) is 0 Å². The van der Waals surface area contributed by atoms with Crippen LogP contribution in [0.25, 0.3) is 11.1 Å². The van der Waals surface area contributed by atoms with E-state index in [4.69, 9.17) is 4.42 Å². The summed E-state index contributed by atoms with van der Waals surface area (Å²) in [6.45, 7) is 0.689. The predicted octanol–water partition coefficient (Wildman–Crippen LogP) is 3.07. The summed E-state index contributed by atoms with van der Waals surface area (Å²) in [5.74, 6) is 0.464. The van der Waals surface area contributed by atoms with Gasteiger partial charge in [-0.05, 0) is 37.0 Å². The molecule has 1 aliphatic carbocycles. The van der Waals surface area contributed by atoms with Crippen LogP contribution in [0.15, 0.2) is 29.0 Å². The van der Waals surface area contributed by atoms with Crippen LogP contribution in [-0.2, 0) is 11.2 Å². The van der Waals surface area contributed by atoms with Crippen molar-refractivity contribution < 1.29 is 9.21 Å². The first-order valence-corrected chi connectivity index (χ1v) is 7.43. The third-order valence-corrected chi connectivity index (χ3v) is 4.08. The average Bonchev–Trinajstić information content (AvgIpc) is 2.95. The van der Waals surface area contributed by atoms with Gasteiger partial charge in [0.05, 0.1) is 0 Å². The highest BCUT2D eigenvalue weighted by molar-refractivity contribution is 5.78. The van der Waals surface area contributed by atoms with Gasteiger partial charge in [0.25, 0.3) is 0 Å². The SMILES string of the molecule is O=C(NCCc1ccc2ncoc2c1)C1CCCCC1. The number of fused-ring (bicyclic) bond motifs is 1. The molecule has 0 saturated heterocycles. The lowest BCUT2D eigenvalue weighted by molar-refractivity contribution is -0.125. The number of nitrogens with zero attached hydrogens (tertiary/aromatic N) is 1. The van der Waals surface area contributed by atoms with Crippen LogP contribution < -0.4 is 5.32 Å². The lowest BCUT2D eigenvalue weighted by atomic mass is 9.88. The van der Waals surface area contributed by atoms with Crippen LogP contribution in [0.3, 0.4) is 0 Å². The van der Waals surface area contributed by atoms with E-state index < -0.39 is 0 Å². The Bertz CT molecular complexity index is 585. The Hall–Kier alpha value is -1.84. The normalized spacial score (nSPS) is 16.4. The Kier molecular flexibility index (Phi) is 4.00. The maximum absolute atomic E-state index is 12.0. The number of amides is 1. The van der Waals surface area contributed by atoms with Gasteiger partial charge < -0.3 is 9.73 Å². The van der Waals surface area contributed by atoms with Crippen molar-refractivity contribution in [1.29, 1.82) is 0 Å². The van der Waals surface area contributed by atoms with E-state index in [1.165, 1.54) is 25.7 Å². The molecule has 1 aromatic heterocycles. The van der Waals surface area contributed by atoms with Crippen molar-refractivity contribution in [2.75, 3.05) is 6.54 Å². The maximum Gasteiger partial charge on any atom is 0.223 e. The fraction of sp³-hybridized carbons (Fsp3) is 0.500. The number of rotatable bonds is 4. The molecule has 4 heteroatoms. The summed E-state index contributed by atoms with van der Waals surface area (Å²) in [5, 5.41) is 3.06. The molecule has 0 radical (unpaired) electrons. The third kappa shape index (κ3) is 3.00. The zero-order valence-corrected chi connectivity index (χ0v) is 11.6. The van der Waals surface area contributed by atoms with Crippen molar-refractivity contribution in [2.45, 2.75) is 38.5 Å². The van der Waals surface area contributed by atoms with E-state index in [0.29, 0.717) is 6.54 Å². The molecule has 1 aliphatic rings. The number of hydrogen-bond donors (Lipinski definition) is 1. The molecule has 1 saturated carbocycles. The molecule has 1 aromatic carbocycles. The zero-order valence-electron chi connectivity index (χ0n) is 11.6. The number of oxazole rings is 1. The maximum atomic E-state index is 12.0. The van der Waals surface area contributed by atoms with E-state index in [9.17, 15) is 4.79 Å². The highest BCUT2D eigenvalue weighted by atomic mass is 16.3. The topological polar surface area (TPSA) is 55.1 Å². The number of benzene rings is 1. The molecule has 3 rings (SSSR count). The Labute approximate surface area is 118 Å². The van der Waals surface area contributed by atoms with E-state index in [-0.39, 0.29) is 11.8 Å². The van der Waals surface area contributed by atoms with Crippen LogP contribution in [0, 0.1) is 5.92 Å². The first kappa shape index (κ1) is 13.2. The van der Waals surface area contributed by atoms with Crippen LogP contribution in [0.5, 0.6) is 0 Å². The van der Waals surface area contributed by atoms with E-state index in [1.54, 1.807) is 0 Å². The second-order valence-electron chi connectivity index (χ2n) is 5.53. The van der Waals surface area contributed by atoms with Crippen molar-refractivity contribution in [3.8, 4) is 0 Å². The van der Waals surface area contributed by atoms with E-state index >= 15 is 0 Å². The summed E-state index contributed by atoms with van der Waals surface area (Å²) in [6.07, 6.45) is 8.06. The lowest BCUT2D eigenvalue weighted by Gasteiger charge is -2.20. The molecule has 4 nitrogen and oxygen atoms in total. The standard InChI is InChI=1S/C16H20N2O2/c19-16(13-4-2-1-3-5-13)17-9-8-12-6-7-14-15(10-12)20-11-18-14/h6-7,10-11,13H,1-5,8-9H2,(H,17,19). The highest BCUT2D eigenvalue weighted by Crippen LogP contribution is 2.23. The van der Waals surface area contributed by atoms with Crippen LogP contribution in [0.2, 0.25) is 0 Å². The van der Waals surface area contributed by atoms with Gasteiger partial charge in [-0.1, -0.05) is 25.3 Å². The Morgan fingerprint density at radius 2 is 2.15 bits per heavy atom. The Morgan fingerprint density at radius 3 is 3.00 bits per heavy atom. The second kappa shape index (κ2) is 6.07. The second-order valence-corrected chi connectivity index (χ2v) is 5.53. The molecule has 0 atom stereocenters. The zero-order chi connectivity index (χ0) is 13.8. The van der Waals surface area contributed by atoms with Crippen molar-refractivity contribution in [3.63, 3.8) is 0 Å². The molecule has 2 aromatic rings. The van der Waals surface area contributed by atoms with Crippen LogP contribution in [0.1, 0.15) is 37.7 Å². The average molecular weight is 272 g/mol. The largest absolute Gasteiger partial charge is 0.443 e. The van der Waals surface area contributed by atoms with E-state index in [0.717, 1.165) is 35.9 Å². The summed E-state index contributed by atoms with van der Waals surface area (Å²) in [6, 6.07) is 5.99. The fourth-order valence-corrected chi connectivity index (χ4v) is 2.89. The molecule has 1 N–H and O–H groups in total. The van der Waals surface area contributed by atoms with Crippen molar-refractivity contribution in [2.24, 2.45) is 5.92 Å². The summed E-state index contributed by atoms with van der Waals surface area (Å²) >= 11 is 0. The lowest BCUT2D eigenvalue weighted by Crippen LogP contribution is -2.33. The molecule has 1 fully saturated rings. The minimum Gasteiger partial charge on any atom is -0.443 e. The molecule has 20 heavy (non-hydrogen) atoms. The molecular formula is C16H20N2O2. The minimum absolute atomic E-state index is 0.227. The molecule has 0 unspecified atom stereocenters. The molecule has 1 heterocycles. The highest BCUT2D eigenvalue weighted by Gasteiger charge is 2.20. The van der Waals surface area contributed by atoms with Gasteiger partial charge in [0.15, 0.2) is 12.0 Å². The number of nitrogens with one attached hydrogen (secondary N) is 1. The number of hydrogen-bond acceptors (Lipinski definition) is 3. The van der Waals surface area contributed by atoms with Gasteiger partial charge in [0.1, 0.15) is 5.52 Å². The molecule has 106 valence electrons. The minimum atomic E-state index is 0.227. The first-order chi connectivity index (χ1) is 9.83. The van der Waals surface area contributed by atoms with Gasteiger partial charge >= 0.3 is 0 Å². The first-order valence-electron chi connectivity index (χ1n) is 7.43. The van der Waals surface area contributed by atoms with E-state index in [1.807, 2.05) is 18.2 Å². The summed E-state index contributed by atoms with van der Waals surface area (Å²) < 4.78 is 5.28. The molecular weight excluding hydrogens is 252 g/mol. The Morgan fingerprint density at radius 1 is 1.30 bits per heavy atom. The summed E-state index contributed by atoms with van der Waals surface area (Å²) in [4.78, 5) is 16.1. The van der Waals surface area contributed by atoms with E-state index in [2.05, 4.69) is 10.3 Å².